The van der Waals surface area contributed by atoms with E-state index < -0.39 is 0 Å². The predicted octanol–water partition coefficient (Wildman–Crippen LogP) is 0.956. The molecule has 6 heteroatoms. The molecule has 0 bridgehead atoms. The highest BCUT2D eigenvalue weighted by atomic mass is 35.5. The van der Waals surface area contributed by atoms with Crippen LogP contribution in [0.2, 0.25) is 0 Å². The fourth-order valence-electron chi connectivity index (χ4n) is 1.30. The normalized spacial score (nSPS) is 10.7. The number of aromatic nitrogens is 5. The molecule has 0 fully saturated rings. The third kappa shape index (κ3) is 2.79. The third-order valence-corrected chi connectivity index (χ3v) is 2.27. The molecule has 15 heavy (non-hydrogen) atoms. The Labute approximate surface area is 92.7 Å². The summed E-state index contributed by atoms with van der Waals surface area (Å²) in [4.78, 5) is 3.97. The van der Waals surface area contributed by atoms with Gasteiger partial charge < -0.3 is 4.57 Å². The number of halogens is 1. The molecule has 0 aliphatic rings. The quantitative estimate of drug-likeness (QED) is 0.712. The zero-order valence-corrected chi connectivity index (χ0v) is 9.01. The average Bonchev–Trinajstić information content (AvgIpc) is 2.85. The van der Waals surface area contributed by atoms with Gasteiger partial charge >= 0.3 is 0 Å². The fourth-order valence-corrected chi connectivity index (χ4v) is 1.49. The standard InChI is InChI=1S/C9H12ClN5/c10-2-1-9-7-15(13-12-9)6-5-14-4-3-11-8-14/h3-4,7-8H,1-2,5-6H2. The van der Waals surface area contributed by atoms with Crippen LogP contribution >= 0.6 is 11.6 Å². The molecular formula is C9H12ClN5. The van der Waals surface area contributed by atoms with E-state index in [1.54, 1.807) is 12.5 Å². The van der Waals surface area contributed by atoms with Crippen molar-refractivity contribution >= 4 is 11.6 Å². The van der Waals surface area contributed by atoms with Crippen LogP contribution in [0, 0.1) is 0 Å². The summed E-state index contributed by atoms with van der Waals surface area (Å²) in [5, 5.41) is 8.02. The Morgan fingerprint density at radius 1 is 1.33 bits per heavy atom. The Balaban J connectivity index is 1.88. The Bertz CT molecular complexity index is 394. The van der Waals surface area contributed by atoms with Gasteiger partial charge in [-0.2, -0.15) is 0 Å². The lowest BCUT2D eigenvalue weighted by Gasteiger charge is -2.00. The molecule has 0 spiro atoms. The predicted molar refractivity (Wildman–Crippen MR) is 56.7 cm³/mol. The molecule has 0 atom stereocenters. The van der Waals surface area contributed by atoms with Crippen molar-refractivity contribution in [3.8, 4) is 0 Å². The van der Waals surface area contributed by atoms with E-state index in [2.05, 4.69) is 15.3 Å². The van der Waals surface area contributed by atoms with Gasteiger partial charge in [0.2, 0.25) is 0 Å². The van der Waals surface area contributed by atoms with Gasteiger partial charge in [0.1, 0.15) is 0 Å². The lowest BCUT2D eigenvalue weighted by atomic mass is 10.4. The molecule has 80 valence electrons. The molecule has 0 aromatic carbocycles. The van der Waals surface area contributed by atoms with Crippen LogP contribution in [-0.4, -0.2) is 30.4 Å². The first-order valence-corrected chi connectivity index (χ1v) is 5.32. The van der Waals surface area contributed by atoms with E-state index in [9.17, 15) is 0 Å². The second kappa shape index (κ2) is 4.93. The Kier molecular flexibility index (Phi) is 3.34. The molecule has 0 aliphatic carbocycles. The highest BCUT2D eigenvalue weighted by molar-refractivity contribution is 6.17. The van der Waals surface area contributed by atoms with E-state index in [0.29, 0.717) is 5.88 Å². The zero-order valence-electron chi connectivity index (χ0n) is 8.25. The Hall–Kier alpha value is -1.36. The van der Waals surface area contributed by atoms with Gasteiger partial charge in [0, 0.05) is 37.4 Å². The zero-order chi connectivity index (χ0) is 10.5. The summed E-state index contributed by atoms with van der Waals surface area (Å²) >= 11 is 5.61. The minimum Gasteiger partial charge on any atom is -0.336 e. The molecule has 0 unspecified atom stereocenters. The topological polar surface area (TPSA) is 48.5 Å². The molecule has 2 aromatic heterocycles. The summed E-state index contributed by atoms with van der Waals surface area (Å²) in [6.07, 6.45) is 8.18. The van der Waals surface area contributed by atoms with Gasteiger partial charge in [-0.25, -0.2) is 4.98 Å². The summed E-state index contributed by atoms with van der Waals surface area (Å²) in [5.74, 6) is 0.584. The summed E-state index contributed by atoms with van der Waals surface area (Å²) in [5.41, 5.74) is 0.940. The van der Waals surface area contributed by atoms with Gasteiger partial charge in [-0.15, -0.1) is 16.7 Å². The lowest BCUT2D eigenvalue weighted by Crippen LogP contribution is -2.06. The first-order valence-electron chi connectivity index (χ1n) is 4.79. The van der Waals surface area contributed by atoms with Crippen LogP contribution in [0.3, 0.4) is 0 Å². The van der Waals surface area contributed by atoms with Crippen LogP contribution in [0.4, 0.5) is 0 Å². The molecule has 2 heterocycles. The number of hydrogen-bond donors (Lipinski definition) is 0. The molecule has 0 saturated carbocycles. The van der Waals surface area contributed by atoms with Crippen molar-refractivity contribution in [1.82, 2.24) is 24.5 Å². The molecule has 2 aromatic rings. The van der Waals surface area contributed by atoms with Gasteiger partial charge in [-0.3, -0.25) is 4.68 Å². The van der Waals surface area contributed by atoms with Crippen molar-refractivity contribution in [1.29, 1.82) is 0 Å². The molecule has 2 rings (SSSR count). The number of nitrogens with zero attached hydrogens (tertiary/aromatic N) is 5. The maximum absolute atomic E-state index is 5.61. The number of rotatable bonds is 5. The molecule has 5 nitrogen and oxygen atoms in total. The second-order valence-electron chi connectivity index (χ2n) is 3.21. The van der Waals surface area contributed by atoms with Gasteiger partial charge in [-0.05, 0) is 0 Å². The highest BCUT2D eigenvalue weighted by Crippen LogP contribution is 1.97. The van der Waals surface area contributed by atoms with Crippen LogP contribution in [0.5, 0.6) is 0 Å². The Morgan fingerprint density at radius 2 is 2.27 bits per heavy atom. The van der Waals surface area contributed by atoms with Crippen molar-refractivity contribution in [3.05, 3.63) is 30.6 Å². The van der Waals surface area contributed by atoms with E-state index in [4.69, 9.17) is 11.6 Å². The molecule has 0 radical (unpaired) electrons. The van der Waals surface area contributed by atoms with Crippen molar-refractivity contribution in [2.75, 3.05) is 5.88 Å². The van der Waals surface area contributed by atoms with E-state index >= 15 is 0 Å². The molecule has 0 amide bonds. The first kappa shape index (κ1) is 10.2. The Morgan fingerprint density at radius 3 is 3.00 bits per heavy atom. The average molecular weight is 226 g/mol. The molecular weight excluding hydrogens is 214 g/mol. The lowest BCUT2D eigenvalue weighted by molar-refractivity contribution is 0.519. The minimum absolute atomic E-state index is 0.584. The summed E-state index contributed by atoms with van der Waals surface area (Å²) in [6.45, 7) is 1.65. The van der Waals surface area contributed by atoms with Crippen molar-refractivity contribution < 1.29 is 0 Å². The van der Waals surface area contributed by atoms with Crippen molar-refractivity contribution in [3.63, 3.8) is 0 Å². The number of hydrogen-bond acceptors (Lipinski definition) is 3. The number of imidazole rings is 1. The number of aryl methyl sites for hydroxylation is 3. The fraction of sp³-hybridized carbons (Fsp3) is 0.444. The smallest absolute Gasteiger partial charge is 0.0946 e. The summed E-state index contributed by atoms with van der Waals surface area (Å²) < 4.78 is 3.82. The maximum Gasteiger partial charge on any atom is 0.0946 e. The van der Waals surface area contributed by atoms with Crippen LogP contribution in [-0.2, 0) is 19.5 Å². The van der Waals surface area contributed by atoms with E-state index in [0.717, 1.165) is 25.2 Å². The molecule has 0 saturated heterocycles. The highest BCUT2D eigenvalue weighted by Gasteiger charge is 1.99. The largest absolute Gasteiger partial charge is 0.336 e. The minimum atomic E-state index is 0.584. The van der Waals surface area contributed by atoms with E-state index in [-0.39, 0.29) is 0 Å². The summed E-state index contributed by atoms with van der Waals surface area (Å²) in [7, 11) is 0. The van der Waals surface area contributed by atoms with Gasteiger partial charge in [0.25, 0.3) is 0 Å². The number of alkyl halides is 1. The molecule has 0 N–H and O–H groups in total. The van der Waals surface area contributed by atoms with Crippen LogP contribution in [0.15, 0.2) is 24.9 Å². The summed E-state index contributed by atoms with van der Waals surface area (Å²) in [6, 6.07) is 0. The second-order valence-corrected chi connectivity index (χ2v) is 3.59. The van der Waals surface area contributed by atoms with Gasteiger partial charge in [0.05, 0.1) is 18.6 Å². The first-order chi connectivity index (χ1) is 7.38. The van der Waals surface area contributed by atoms with Crippen LogP contribution in [0.25, 0.3) is 0 Å². The van der Waals surface area contributed by atoms with Crippen LogP contribution < -0.4 is 0 Å². The third-order valence-electron chi connectivity index (χ3n) is 2.08. The van der Waals surface area contributed by atoms with E-state index in [1.807, 2.05) is 21.6 Å². The van der Waals surface area contributed by atoms with Crippen molar-refractivity contribution in [2.45, 2.75) is 19.5 Å². The van der Waals surface area contributed by atoms with Crippen LogP contribution in [0.1, 0.15) is 5.69 Å². The van der Waals surface area contributed by atoms with Crippen molar-refractivity contribution in [2.24, 2.45) is 0 Å². The van der Waals surface area contributed by atoms with Gasteiger partial charge in [-0.1, -0.05) is 5.21 Å². The monoisotopic (exact) mass is 225 g/mol. The maximum atomic E-state index is 5.61. The SMILES string of the molecule is ClCCc1cn(CCn2ccnc2)nn1. The van der Waals surface area contributed by atoms with E-state index in [1.165, 1.54) is 0 Å². The molecule has 0 aliphatic heterocycles. The van der Waals surface area contributed by atoms with Gasteiger partial charge in [0.15, 0.2) is 0 Å².